The van der Waals surface area contributed by atoms with Crippen LogP contribution < -0.4 is 10.9 Å². The van der Waals surface area contributed by atoms with Crippen molar-refractivity contribution in [1.29, 1.82) is 0 Å². The molecule has 1 aliphatic heterocycles. The fourth-order valence-electron chi connectivity index (χ4n) is 1.59. The van der Waals surface area contributed by atoms with Crippen molar-refractivity contribution >= 4 is 27.1 Å². The monoisotopic (exact) mass is 292 g/mol. The van der Waals surface area contributed by atoms with Crippen molar-refractivity contribution in [2.24, 2.45) is 0 Å². The summed E-state index contributed by atoms with van der Waals surface area (Å²) in [4.78, 5) is 23.2. The van der Waals surface area contributed by atoms with Gasteiger partial charge in [0.25, 0.3) is 5.43 Å². The molecule has 0 saturated carbocycles. The van der Waals surface area contributed by atoms with Gasteiger partial charge in [0.15, 0.2) is 16.6 Å². The van der Waals surface area contributed by atoms with Gasteiger partial charge in [-0.3, -0.25) is 9.59 Å². The fourth-order valence-corrected chi connectivity index (χ4v) is 1.98. The van der Waals surface area contributed by atoms with Gasteiger partial charge in [-0.2, -0.15) is 0 Å². The lowest BCUT2D eigenvalue weighted by Crippen LogP contribution is -2.25. The minimum absolute atomic E-state index is 0.0584. The molecule has 3 rings (SSSR count). The molecule has 1 heterocycles. The highest BCUT2D eigenvalue weighted by atomic mass is 79.9. The van der Waals surface area contributed by atoms with E-state index in [1.54, 1.807) is 24.3 Å². The van der Waals surface area contributed by atoms with Gasteiger partial charge in [0, 0.05) is 6.07 Å². The highest BCUT2D eigenvalue weighted by molar-refractivity contribution is 9.10. The predicted octanol–water partition coefficient (Wildman–Crippen LogP) is 2.23. The van der Waals surface area contributed by atoms with Crippen molar-refractivity contribution in [1.82, 2.24) is 0 Å². The third kappa shape index (κ3) is 1.51. The van der Waals surface area contributed by atoms with E-state index in [0.29, 0.717) is 11.2 Å². The average molecular weight is 293 g/mol. The van der Waals surface area contributed by atoms with E-state index >= 15 is 0 Å². The van der Waals surface area contributed by atoms with E-state index in [4.69, 9.17) is 8.83 Å². The third-order valence-electron chi connectivity index (χ3n) is 2.39. The topological polar surface area (TPSA) is 60.4 Å². The molecule has 1 aromatic rings. The lowest BCUT2D eigenvalue weighted by molar-refractivity contribution is 0.467. The summed E-state index contributed by atoms with van der Waals surface area (Å²) in [6.45, 7) is 0. The van der Waals surface area contributed by atoms with Crippen LogP contribution in [0.4, 0.5) is 0 Å². The van der Waals surface area contributed by atoms with E-state index < -0.39 is 10.9 Å². The Balaban J connectivity index is 2.69. The Hall–Kier alpha value is -1.88. The molecule has 0 bridgehead atoms. The van der Waals surface area contributed by atoms with Gasteiger partial charge in [-0.05, 0) is 28.1 Å². The standard InChI is InChI=1S/C12H5BrO4/c13-6-5-9-12(11(15)10(6)14)17-8-4-2-1-3-7(8)16-9/h1-5H. The normalized spacial score (nSPS) is 11.1. The Morgan fingerprint density at radius 2 is 1.59 bits per heavy atom. The SMILES string of the molecule is O=c1c(Br)cc2oc3ccccc3oc=2c1=O. The predicted molar refractivity (Wildman–Crippen MR) is 64.0 cm³/mol. The zero-order valence-corrected chi connectivity index (χ0v) is 9.98. The number of fused-ring (bicyclic) bond motifs is 1. The van der Waals surface area contributed by atoms with Crippen LogP contribution in [0.3, 0.4) is 0 Å². The molecule has 0 N–H and O–H groups in total. The second-order valence-electron chi connectivity index (χ2n) is 3.49. The third-order valence-corrected chi connectivity index (χ3v) is 2.98. The molecule has 0 saturated heterocycles. The first-order valence-electron chi connectivity index (χ1n) is 4.82. The van der Waals surface area contributed by atoms with Gasteiger partial charge in [0.2, 0.25) is 10.8 Å². The van der Waals surface area contributed by atoms with Crippen molar-refractivity contribution in [3.8, 4) is 0 Å². The number of para-hydroxylation sites is 2. The van der Waals surface area contributed by atoms with E-state index in [9.17, 15) is 9.59 Å². The van der Waals surface area contributed by atoms with Crippen LogP contribution in [0, 0.1) is 10.8 Å². The Kier molecular flexibility index (Phi) is 2.16. The molecule has 0 unspecified atom stereocenters. The summed E-state index contributed by atoms with van der Waals surface area (Å²) < 4.78 is 11.1. The van der Waals surface area contributed by atoms with Crippen LogP contribution in [-0.4, -0.2) is 0 Å². The summed E-state index contributed by atoms with van der Waals surface area (Å²) in [5.74, 6) is 0. The lowest BCUT2D eigenvalue weighted by atomic mass is 10.3. The zero-order valence-electron chi connectivity index (χ0n) is 8.40. The van der Waals surface area contributed by atoms with Gasteiger partial charge < -0.3 is 8.83 Å². The maximum absolute atomic E-state index is 11.7. The minimum Gasteiger partial charge on any atom is -0.449 e. The van der Waals surface area contributed by atoms with Crippen molar-refractivity contribution in [3.05, 3.63) is 66.1 Å². The molecule has 84 valence electrons. The Morgan fingerprint density at radius 3 is 2.29 bits per heavy atom. The summed E-state index contributed by atoms with van der Waals surface area (Å²) in [6, 6.07) is 8.39. The Bertz CT molecular complexity index is 891. The second kappa shape index (κ2) is 3.56. The van der Waals surface area contributed by atoms with Gasteiger partial charge in [0.1, 0.15) is 0 Å². The average Bonchev–Trinajstić information content (AvgIpc) is 2.34. The molecule has 0 aromatic heterocycles. The second-order valence-corrected chi connectivity index (χ2v) is 4.35. The van der Waals surface area contributed by atoms with Crippen molar-refractivity contribution < 1.29 is 8.83 Å². The zero-order chi connectivity index (χ0) is 12.0. The van der Waals surface area contributed by atoms with E-state index in [2.05, 4.69) is 15.9 Å². The largest absolute Gasteiger partial charge is 0.449 e. The Morgan fingerprint density at radius 1 is 0.941 bits per heavy atom. The molecule has 0 fully saturated rings. The summed E-state index contributed by atoms with van der Waals surface area (Å²) in [5, 5.41) is 0. The van der Waals surface area contributed by atoms with Gasteiger partial charge in [-0.15, -0.1) is 0 Å². The van der Waals surface area contributed by atoms with Crippen LogP contribution in [0.1, 0.15) is 0 Å². The molecular weight excluding hydrogens is 288 g/mol. The maximum atomic E-state index is 11.7. The first-order chi connectivity index (χ1) is 8.16. The highest BCUT2D eigenvalue weighted by Crippen LogP contribution is 2.15. The number of hydrogen-bond acceptors (Lipinski definition) is 4. The van der Waals surface area contributed by atoms with Gasteiger partial charge in [0.05, 0.1) is 4.47 Å². The molecule has 1 aliphatic carbocycles. The molecule has 4 nitrogen and oxygen atoms in total. The molecular formula is C12H5BrO4. The number of halogens is 1. The first kappa shape index (κ1) is 10.3. The smallest absolute Gasteiger partial charge is 0.273 e. The van der Waals surface area contributed by atoms with E-state index in [1.165, 1.54) is 6.07 Å². The molecule has 0 atom stereocenters. The number of rotatable bonds is 0. The maximum Gasteiger partial charge on any atom is 0.273 e. The van der Waals surface area contributed by atoms with Crippen LogP contribution in [-0.2, 0) is 0 Å². The van der Waals surface area contributed by atoms with Crippen LogP contribution in [0.15, 0.2) is 53.2 Å². The number of benzene rings is 1. The van der Waals surface area contributed by atoms with E-state index in [-0.39, 0.29) is 15.3 Å². The summed E-state index contributed by atoms with van der Waals surface area (Å²) in [5.41, 5.74) is -0.198. The summed E-state index contributed by atoms with van der Waals surface area (Å²) in [6.07, 6.45) is 0. The van der Waals surface area contributed by atoms with Gasteiger partial charge in [-0.1, -0.05) is 12.1 Å². The van der Waals surface area contributed by atoms with E-state index in [1.807, 2.05) is 0 Å². The molecule has 0 amide bonds. The minimum atomic E-state index is -0.705. The molecule has 2 aliphatic rings. The quantitative estimate of drug-likeness (QED) is 0.596. The van der Waals surface area contributed by atoms with Crippen LogP contribution in [0.2, 0.25) is 0 Å². The van der Waals surface area contributed by atoms with Gasteiger partial charge in [-0.25, -0.2) is 0 Å². The lowest BCUT2D eigenvalue weighted by Gasteiger charge is -1.97. The number of hydrogen-bond donors (Lipinski definition) is 0. The van der Waals surface area contributed by atoms with Crippen molar-refractivity contribution in [2.75, 3.05) is 0 Å². The Labute approximate surface area is 102 Å². The molecule has 5 heteroatoms. The van der Waals surface area contributed by atoms with Gasteiger partial charge >= 0.3 is 0 Å². The highest BCUT2D eigenvalue weighted by Gasteiger charge is 2.09. The van der Waals surface area contributed by atoms with Crippen molar-refractivity contribution in [2.45, 2.75) is 0 Å². The molecule has 0 radical (unpaired) electrons. The molecule has 1 aromatic carbocycles. The molecule has 17 heavy (non-hydrogen) atoms. The first-order valence-corrected chi connectivity index (χ1v) is 5.61. The fraction of sp³-hybridized carbons (Fsp3) is 0. The van der Waals surface area contributed by atoms with Crippen LogP contribution in [0.25, 0.3) is 11.2 Å². The van der Waals surface area contributed by atoms with Crippen LogP contribution in [0.5, 0.6) is 0 Å². The molecule has 0 spiro atoms. The summed E-state index contributed by atoms with van der Waals surface area (Å²) in [7, 11) is 0. The van der Waals surface area contributed by atoms with E-state index in [0.717, 1.165) is 0 Å². The summed E-state index contributed by atoms with van der Waals surface area (Å²) >= 11 is 3.02. The van der Waals surface area contributed by atoms with Crippen LogP contribution >= 0.6 is 15.9 Å². The van der Waals surface area contributed by atoms with Crippen molar-refractivity contribution in [3.63, 3.8) is 0 Å².